The first-order chi connectivity index (χ1) is 11.4. The molecule has 4 heteroatoms. The molecule has 0 spiro atoms. The van der Waals surface area contributed by atoms with Crippen molar-refractivity contribution >= 4 is 11.6 Å². The molecule has 1 N–H and O–H groups in total. The van der Waals surface area contributed by atoms with Crippen molar-refractivity contribution in [2.24, 2.45) is 0 Å². The lowest BCUT2D eigenvalue weighted by atomic mass is 9.87. The van der Waals surface area contributed by atoms with E-state index in [2.05, 4.69) is 48.0 Å². The summed E-state index contributed by atoms with van der Waals surface area (Å²) in [7, 11) is 0. The van der Waals surface area contributed by atoms with Crippen LogP contribution in [0.15, 0.2) is 24.3 Å². The molecule has 0 bridgehead atoms. The molecule has 2 aliphatic heterocycles. The first kappa shape index (κ1) is 17.4. The molecule has 0 aromatic heterocycles. The summed E-state index contributed by atoms with van der Waals surface area (Å²) >= 11 is 0. The largest absolute Gasteiger partial charge is 0.325 e. The third kappa shape index (κ3) is 4.37. The molecule has 2 aliphatic rings. The fourth-order valence-electron chi connectivity index (χ4n) is 3.82. The molecule has 0 radical (unpaired) electrons. The molecule has 24 heavy (non-hydrogen) atoms. The third-order valence-electron chi connectivity index (χ3n) is 5.31. The van der Waals surface area contributed by atoms with Gasteiger partial charge >= 0.3 is 0 Å². The normalized spacial score (nSPS) is 22.9. The molecule has 3 rings (SSSR count). The SMILES string of the molecule is CC(C)(C)c1ccc(NC(=O)CN2CC[C@H](N3CCCC3)C2)cc1. The highest BCUT2D eigenvalue weighted by Crippen LogP contribution is 2.24. The van der Waals surface area contributed by atoms with Crippen molar-refractivity contribution in [1.29, 1.82) is 0 Å². The van der Waals surface area contributed by atoms with Crippen LogP contribution < -0.4 is 5.32 Å². The molecule has 4 nitrogen and oxygen atoms in total. The number of amides is 1. The summed E-state index contributed by atoms with van der Waals surface area (Å²) in [5.74, 6) is 0.0978. The van der Waals surface area contributed by atoms with E-state index in [1.54, 1.807) is 0 Å². The Morgan fingerprint density at radius 3 is 2.42 bits per heavy atom. The van der Waals surface area contributed by atoms with E-state index in [1.165, 1.54) is 37.9 Å². The van der Waals surface area contributed by atoms with E-state index in [4.69, 9.17) is 0 Å². The quantitative estimate of drug-likeness (QED) is 0.922. The van der Waals surface area contributed by atoms with Gasteiger partial charge in [0.2, 0.25) is 5.91 Å². The van der Waals surface area contributed by atoms with Crippen molar-refractivity contribution in [3.8, 4) is 0 Å². The lowest BCUT2D eigenvalue weighted by Gasteiger charge is -2.23. The second kappa shape index (κ2) is 7.24. The smallest absolute Gasteiger partial charge is 0.238 e. The summed E-state index contributed by atoms with van der Waals surface area (Å²) in [6.07, 6.45) is 3.87. The Kier molecular flexibility index (Phi) is 5.26. The van der Waals surface area contributed by atoms with Crippen LogP contribution in [0.3, 0.4) is 0 Å². The Labute approximate surface area is 146 Å². The molecule has 132 valence electrons. The molecule has 1 aromatic carbocycles. The highest BCUT2D eigenvalue weighted by molar-refractivity contribution is 5.92. The van der Waals surface area contributed by atoms with Crippen LogP contribution in [0.25, 0.3) is 0 Å². The van der Waals surface area contributed by atoms with Crippen molar-refractivity contribution in [3.63, 3.8) is 0 Å². The van der Waals surface area contributed by atoms with Gasteiger partial charge in [0.25, 0.3) is 0 Å². The van der Waals surface area contributed by atoms with Crippen molar-refractivity contribution < 1.29 is 4.79 Å². The van der Waals surface area contributed by atoms with E-state index in [-0.39, 0.29) is 11.3 Å². The van der Waals surface area contributed by atoms with Crippen LogP contribution in [0.5, 0.6) is 0 Å². The maximum Gasteiger partial charge on any atom is 0.238 e. The van der Waals surface area contributed by atoms with Gasteiger partial charge in [-0.15, -0.1) is 0 Å². The average molecular weight is 329 g/mol. The minimum Gasteiger partial charge on any atom is -0.325 e. The zero-order valence-corrected chi connectivity index (χ0v) is 15.3. The number of hydrogen-bond donors (Lipinski definition) is 1. The van der Waals surface area contributed by atoms with Gasteiger partial charge in [-0.25, -0.2) is 0 Å². The van der Waals surface area contributed by atoms with Gasteiger partial charge in [0.15, 0.2) is 0 Å². The Bertz CT molecular complexity index is 555. The van der Waals surface area contributed by atoms with Gasteiger partial charge in [-0.3, -0.25) is 14.6 Å². The highest BCUT2D eigenvalue weighted by atomic mass is 16.2. The van der Waals surface area contributed by atoms with E-state index in [0.717, 1.165) is 18.8 Å². The topological polar surface area (TPSA) is 35.6 Å². The fraction of sp³-hybridized carbons (Fsp3) is 0.650. The average Bonchev–Trinajstić information content (AvgIpc) is 3.17. The summed E-state index contributed by atoms with van der Waals surface area (Å²) in [4.78, 5) is 17.2. The van der Waals surface area contributed by atoms with Gasteiger partial charge < -0.3 is 5.32 Å². The van der Waals surface area contributed by atoms with E-state index < -0.39 is 0 Å². The number of likely N-dealkylation sites (tertiary alicyclic amines) is 2. The van der Waals surface area contributed by atoms with Gasteiger partial charge in [-0.2, -0.15) is 0 Å². The maximum atomic E-state index is 12.3. The standard InChI is InChI=1S/C20H31N3O/c1-20(2,3)16-6-8-17(9-7-16)21-19(24)15-22-13-10-18(14-22)23-11-4-5-12-23/h6-9,18H,4-5,10-15H2,1-3H3,(H,21,24)/t18-/m0/s1. The molecule has 0 saturated carbocycles. The zero-order valence-electron chi connectivity index (χ0n) is 15.3. The number of anilines is 1. The predicted molar refractivity (Wildman–Crippen MR) is 99.4 cm³/mol. The lowest BCUT2D eigenvalue weighted by molar-refractivity contribution is -0.117. The number of carbonyl (C=O) groups is 1. The molecule has 0 unspecified atom stereocenters. The first-order valence-electron chi connectivity index (χ1n) is 9.28. The zero-order chi connectivity index (χ0) is 17.2. The number of rotatable bonds is 4. The van der Waals surface area contributed by atoms with Gasteiger partial charge in [-0.1, -0.05) is 32.9 Å². The van der Waals surface area contributed by atoms with E-state index >= 15 is 0 Å². The Morgan fingerprint density at radius 1 is 1.12 bits per heavy atom. The molecule has 0 aliphatic carbocycles. The molecule has 1 atom stereocenters. The van der Waals surface area contributed by atoms with Crippen LogP contribution in [0.2, 0.25) is 0 Å². The van der Waals surface area contributed by atoms with E-state index in [0.29, 0.717) is 12.6 Å². The van der Waals surface area contributed by atoms with Gasteiger partial charge in [0.05, 0.1) is 6.54 Å². The predicted octanol–water partition coefficient (Wildman–Crippen LogP) is 3.09. The van der Waals surface area contributed by atoms with Crippen LogP contribution in [0, 0.1) is 0 Å². The number of nitrogens with one attached hydrogen (secondary N) is 1. The summed E-state index contributed by atoms with van der Waals surface area (Å²) in [5, 5.41) is 3.04. The minimum absolute atomic E-state index is 0.0978. The first-order valence-corrected chi connectivity index (χ1v) is 9.28. The van der Waals surface area contributed by atoms with Crippen LogP contribution in [-0.4, -0.2) is 54.5 Å². The van der Waals surface area contributed by atoms with Gasteiger partial charge in [-0.05, 0) is 55.5 Å². The van der Waals surface area contributed by atoms with Gasteiger partial charge in [0.1, 0.15) is 0 Å². The molecular weight excluding hydrogens is 298 g/mol. The molecule has 2 saturated heterocycles. The van der Waals surface area contributed by atoms with Crippen molar-refractivity contribution in [1.82, 2.24) is 9.80 Å². The highest BCUT2D eigenvalue weighted by Gasteiger charge is 2.29. The lowest BCUT2D eigenvalue weighted by Crippen LogP contribution is -2.37. The van der Waals surface area contributed by atoms with Crippen molar-refractivity contribution in [2.45, 2.75) is 51.5 Å². The number of benzene rings is 1. The number of nitrogens with zero attached hydrogens (tertiary/aromatic N) is 2. The molecule has 1 aromatic rings. The van der Waals surface area contributed by atoms with E-state index in [1.807, 2.05) is 12.1 Å². The maximum absolute atomic E-state index is 12.3. The Balaban J connectivity index is 1.47. The summed E-state index contributed by atoms with van der Waals surface area (Å²) in [5.41, 5.74) is 2.32. The molecule has 2 fully saturated rings. The van der Waals surface area contributed by atoms with Crippen LogP contribution in [0.4, 0.5) is 5.69 Å². The van der Waals surface area contributed by atoms with Gasteiger partial charge in [0, 0.05) is 24.8 Å². The number of hydrogen-bond acceptors (Lipinski definition) is 3. The minimum atomic E-state index is 0.0978. The molecule has 2 heterocycles. The van der Waals surface area contributed by atoms with Crippen molar-refractivity contribution in [3.05, 3.63) is 29.8 Å². The fourth-order valence-corrected chi connectivity index (χ4v) is 3.82. The van der Waals surface area contributed by atoms with Crippen molar-refractivity contribution in [2.75, 3.05) is 38.0 Å². The second-order valence-electron chi connectivity index (χ2n) is 8.30. The molecule has 1 amide bonds. The van der Waals surface area contributed by atoms with Crippen LogP contribution in [0.1, 0.15) is 45.6 Å². The number of carbonyl (C=O) groups excluding carboxylic acids is 1. The monoisotopic (exact) mass is 329 g/mol. The Morgan fingerprint density at radius 2 is 1.79 bits per heavy atom. The summed E-state index contributed by atoms with van der Waals surface area (Å²) in [6, 6.07) is 8.89. The summed E-state index contributed by atoms with van der Waals surface area (Å²) in [6.45, 7) is 11.7. The van der Waals surface area contributed by atoms with E-state index in [9.17, 15) is 4.79 Å². The Hall–Kier alpha value is -1.39. The second-order valence-corrected chi connectivity index (χ2v) is 8.30. The summed E-state index contributed by atoms with van der Waals surface area (Å²) < 4.78 is 0. The molecular formula is C20H31N3O. The van der Waals surface area contributed by atoms with Crippen LogP contribution >= 0.6 is 0 Å². The third-order valence-corrected chi connectivity index (χ3v) is 5.31. The van der Waals surface area contributed by atoms with Crippen LogP contribution in [-0.2, 0) is 10.2 Å².